The van der Waals surface area contributed by atoms with Crippen LogP contribution in [0.4, 0.5) is 0 Å². The average Bonchev–Trinajstić information content (AvgIpc) is 2.53. The molecule has 0 radical (unpaired) electrons. The molecule has 2 aromatic carbocycles. The molecular weight excluding hydrogens is 248 g/mol. The van der Waals surface area contributed by atoms with Crippen LogP contribution in [0.2, 0.25) is 0 Å². The van der Waals surface area contributed by atoms with E-state index < -0.39 is 0 Å². The van der Waals surface area contributed by atoms with Crippen molar-refractivity contribution in [1.82, 2.24) is 0 Å². The SMILES string of the molecule is N#Cc1ccc([C@@H](N)[C@H](N)c2ccc(C#N)cc2)cc1. The Morgan fingerprint density at radius 2 is 0.950 bits per heavy atom. The maximum absolute atomic E-state index is 8.77. The molecule has 2 rings (SSSR count). The molecule has 0 saturated carbocycles. The van der Waals surface area contributed by atoms with Crippen LogP contribution in [0.3, 0.4) is 0 Å². The highest BCUT2D eigenvalue weighted by Crippen LogP contribution is 2.25. The van der Waals surface area contributed by atoms with E-state index in [2.05, 4.69) is 12.1 Å². The van der Waals surface area contributed by atoms with Crippen LogP contribution in [0, 0.1) is 22.7 Å². The molecule has 0 unspecified atom stereocenters. The molecular formula is C16H14N4. The highest BCUT2D eigenvalue weighted by molar-refractivity contribution is 5.36. The van der Waals surface area contributed by atoms with Crippen molar-refractivity contribution in [3.05, 3.63) is 70.8 Å². The van der Waals surface area contributed by atoms with Crippen molar-refractivity contribution < 1.29 is 0 Å². The fourth-order valence-electron chi connectivity index (χ4n) is 1.97. The third kappa shape index (κ3) is 2.84. The molecule has 2 atom stereocenters. The summed E-state index contributed by atoms with van der Waals surface area (Å²) in [7, 11) is 0. The summed E-state index contributed by atoms with van der Waals surface area (Å²) in [6.07, 6.45) is 0. The van der Waals surface area contributed by atoms with E-state index >= 15 is 0 Å². The minimum Gasteiger partial charge on any atom is -0.322 e. The van der Waals surface area contributed by atoms with Gasteiger partial charge in [0.2, 0.25) is 0 Å². The number of nitrogens with two attached hydrogens (primary N) is 2. The van der Waals surface area contributed by atoms with Gasteiger partial charge in [-0.2, -0.15) is 10.5 Å². The first-order valence-corrected chi connectivity index (χ1v) is 6.17. The molecule has 4 N–H and O–H groups in total. The summed E-state index contributed by atoms with van der Waals surface area (Å²) in [5.74, 6) is 0. The summed E-state index contributed by atoms with van der Waals surface area (Å²) in [5, 5.41) is 17.5. The summed E-state index contributed by atoms with van der Waals surface area (Å²) >= 11 is 0. The van der Waals surface area contributed by atoms with Crippen molar-refractivity contribution in [3.8, 4) is 12.1 Å². The van der Waals surface area contributed by atoms with E-state index in [4.69, 9.17) is 22.0 Å². The summed E-state index contributed by atoms with van der Waals surface area (Å²) in [6.45, 7) is 0. The number of hydrogen-bond donors (Lipinski definition) is 2. The molecule has 4 heteroatoms. The van der Waals surface area contributed by atoms with Gasteiger partial charge in [0, 0.05) is 12.1 Å². The van der Waals surface area contributed by atoms with Gasteiger partial charge in [0.25, 0.3) is 0 Å². The molecule has 0 bridgehead atoms. The van der Waals surface area contributed by atoms with E-state index in [1.807, 2.05) is 24.3 Å². The molecule has 2 aromatic rings. The summed E-state index contributed by atoms with van der Waals surface area (Å²) in [5.41, 5.74) is 15.3. The van der Waals surface area contributed by atoms with Gasteiger partial charge in [0.15, 0.2) is 0 Å². The van der Waals surface area contributed by atoms with Gasteiger partial charge in [0.05, 0.1) is 23.3 Å². The van der Waals surface area contributed by atoms with Gasteiger partial charge < -0.3 is 11.5 Å². The largest absolute Gasteiger partial charge is 0.322 e. The molecule has 0 aromatic heterocycles. The van der Waals surface area contributed by atoms with Crippen LogP contribution >= 0.6 is 0 Å². The predicted molar refractivity (Wildman–Crippen MR) is 76.2 cm³/mol. The zero-order chi connectivity index (χ0) is 14.5. The normalized spacial score (nSPS) is 13.0. The molecule has 0 amide bonds. The van der Waals surface area contributed by atoms with Crippen molar-refractivity contribution in [2.45, 2.75) is 12.1 Å². The van der Waals surface area contributed by atoms with Crippen LogP contribution in [0.15, 0.2) is 48.5 Å². The van der Waals surface area contributed by atoms with Crippen LogP contribution in [0.5, 0.6) is 0 Å². The Balaban J connectivity index is 2.20. The second-order valence-electron chi connectivity index (χ2n) is 4.52. The van der Waals surface area contributed by atoms with Crippen molar-refractivity contribution in [1.29, 1.82) is 10.5 Å². The highest BCUT2D eigenvalue weighted by atomic mass is 14.8. The van der Waals surface area contributed by atoms with Crippen LogP contribution in [0.1, 0.15) is 34.3 Å². The van der Waals surface area contributed by atoms with Gasteiger partial charge in [-0.15, -0.1) is 0 Å². The van der Waals surface area contributed by atoms with Crippen molar-refractivity contribution in [2.24, 2.45) is 11.5 Å². The summed E-state index contributed by atoms with van der Waals surface area (Å²) in [6, 6.07) is 17.5. The van der Waals surface area contributed by atoms with E-state index in [9.17, 15) is 0 Å². The second kappa shape index (κ2) is 5.99. The first kappa shape index (κ1) is 13.8. The summed E-state index contributed by atoms with van der Waals surface area (Å²) in [4.78, 5) is 0. The van der Waals surface area contributed by atoms with E-state index in [1.54, 1.807) is 24.3 Å². The topological polar surface area (TPSA) is 99.6 Å². The van der Waals surface area contributed by atoms with Crippen LogP contribution in [-0.4, -0.2) is 0 Å². The lowest BCUT2D eigenvalue weighted by atomic mass is 9.94. The molecule has 20 heavy (non-hydrogen) atoms. The number of nitrogens with zero attached hydrogens (tertiary/aromatic N) is 2. The Kier molecular flexibility index (Phi) is 4.12. The van der Waals surface area contributed by atoms with Crippen molar-refractivity contribution >= 4 is 0 Å². The van der Waals surface area contributed by atoms with Crippen LogP contribution in [-0.2, 0) is 0 Å². The second-order valence-corrected chi connectivity index (χ2v) is 4.52. The molecule has 0 aliphatic rings. The lowest BCUT2D eigenvalue weighted by Crippen LogP contribution is -2.26. The van der Waals surface area contributed by atoms with E-state index in [0.717, 1.165) is 11.1 Å². The van der Waals surface area contributed by atoms with Gasteiger partial charge in [-0.3, -0.25) is 0 Å². The fraction of sp³-hybridized carbons (Fsp3) is 0.125. The maximum Gasteiger partial charge on any atom is 0.0991 e. The third-order valence-corrected chi connectivity index (χ3v) is 3.24. The Hall–Kier alpha value is -2.66. The van der Waals surface area contributed by atoms with Crippen molar-refractivity contribution in [2.75, 3.05) is 0 Å². The fourth-order valence-corrected chi connectivity index (χ4v) is 1.97. The van der Waals surface area contributed by atoms with Crippen LogP contribution < -0.4 is 11.5 Å². The molecule has 0 fully saturated rings. The smallest absolute Gasteiger partial charge is 0.0991 e. The minimum atomic E-state index is -0.365. The van der Waals surface area contributed by atoms with E-state index in [0.29, 0.717) is 11.1 Å². The molecule has 0 heterocycles. The number of nitriles is 2. The highest BCUT2D eigenvalue weighted by Gasteiger charge is 2.17. The number of hydrogen-bond acceptors (Lipinski definition) is 4. The zero-order valence-corrected chi connectivity index (χ0v) is 10.8. The molecule has 0 aliphatic heterocycles. The first-order chi connectivity index (χ1) is 9.65. The quantitative estimate of drug-likeness (QED) is 0.884. The third-order valence-electron chi connectivity index (χ3n) is 3.24. The van der Waals surface area contributed by atoms with Gasteiger partial charge in [0.1, 0.15) is 0 Å². The first-order valence-electron chi connectivity index (χ1n) is 6.17. The van der Waals surface area contributed by atoms with Gasteiger partial charge in [-0.25, -0.2) is 0 Å². The zero-order valence-electron chi connectivity index (χ0n) is 10.8. The van der Waals surface area contributed by atoms with E-state index in [-0.39, 0.29) is 12.1 Å². The number of rotatable bonds is 3. The standard InChI is InChI=1S/C16H14N4/c17-9-11-1-5-13(6-2-11)15(19)16(20)14-7-3-12(10-18)4-8-14/h1-8,15-16H,19-20H2/t15-,16-/m1/s1. The minimum absolute atomic E-state index is 0.365. The lowest BCUT2D eigenvalue weighted by Gasteiger charge is -2.20. The van der Waals surface area contributed by atoms with Crippen molar-refractivity contribution in [3.63, 3.8) is 0 Å². The Morgan fingerprint density at radius 3 is 1.20 bits per heavy atom. The lowest BCUT2D eigenvalue weighted by molar-refractivity contribution is 0.574. The van der Waals surface area contributed by atoms with Gasteiger partial charge in [-0.1, -0.05) is 24.3 Å². The molecule has 0 aliphatic carbocycles. The monoisotopic (exact) mass is 262 g/mol. The molecule has 4 nitrogen and oxygen atoms in total. The molecule has 0 saturated heterocycles. The Morgan fingerprint density at radius 1 is 0.650 bits per heavy atom. The Bertz CT molecular complexity index is 598. The van der Waals surface area contributed by atoms with E-state index in [1.165, 1.54) is 0 Å². The van der Waals surface area contributed by atoms with Gasteiger partial charge >= 0.3 is 0 Å². The van der Waals surface area contributed by atoms with Crippen LogP contribution in [0.25, 0.3) is 0 Å². The summed E-state index contributed by atoms with van der Waals surface area (Å²) < 4.78 is 0. The molecule has 0 spiro atoms. The number of benzene rings is 2. The average molecular weight is 262 g/mol. The molecule has 98 valence electrons. The maximum atomic E-state index is 8.77. The predicted octanol–water partition coefficient (Wildman–Crippen LogP) is 2.13. The van der Waals surface area contributed by atoms with Gasteiger partial charge in [-0.05, 0) is 35.4 Å². The Labute approximate surface area is 117 Å².